The van der Waals surface area contributed by atoms with E-state index < -0.39 is 0 Å². The van der Waals surface area contributed by atoms with Crippen LogP contribution < -0.4 is 5.32 Å². The smallest absolute Gasteiger partial charge is 0.0358 e. The highest BCUT2D eigenvalue weighted by molar-refractivity contribution is 5.23. The van der Waals surface area contributed by atoms with Crippen molar-refractivity contribution in [2.75, 3.05) is 7.05 Å². The Kier molecular flexibility index (Phi) is 6.82. The van der Waals surface area contributed by atoms with Gasteiger partial charge in [-0.15, -0.1) is 0 Å². The number of hydrogen-bond acceptors (Lipinski definition) is 1. The molecule has 1 unspecified atom stereocenters. The van der Waals surface area contributed by atoms with Crippen molar-refractivity contribution < 1.29 is 0 Å². The third-order valence-corrected chi connectivity index (χ3v) is 2.83. The van der Waals surface area contributed by atoms with Gasteiger partial charge in [0.05, 0.1) is 0 Å². The molecule has 2 rings (SSSR count). The molecule has 18 heavy (non-hydrogen) atoms. The standard InChI is InChI=1S/C15H17N.C2H6/c1-16-15(14-10-6-3-7-11-14)12-13-8-4-2-5-9-13;1-2/h2-11,15-16H,12H2,1H3;1-2H3. The zero-order valence-corrected chi connectivity index (χ0v) is 11.6. The summed E-state index contributed by atoms with van der Waals surface area (Å²) in [7, 11) is 2.01. The molecule has 1 heteroatoms. The molecule has 1 nitrogen and oxygen atoms in total. The van der Waals surface area contributed by atoms with Gasteiger partial charge in [0.15, 0.2) is 0 Å². The maximum Gasteiger partial charge on any atom is 0.0358 e. The fraction of sp³-hybridized carbons (Fsp3) is 0.294. The number of likely N-dealkylation sites (N-methyl/N-ethyl adjacent to an activating group) is 1. The molecule has 0 aliphatic heterocycles. The Hall–Kier alpha value is -1.60. The van der Waals surface area contributed by atoms with Crippen LogP contribution in [-0.4, -0.2) is 7.05 Å². The third-order valence-electron chi connectivity index (χ3n) is 2.83. The summed E-state index contributed by atoms with van der Waals surface area (Å²) in [4.78, 5) is 0. The van der Waals surface area contributed by atoms with Crippen molar-refractivity contribution >= 4 is 0 Å². The van der Waals surface area contributed by atoms with Crippen molar-refractivity contribution in [1.29, 1.82) is 0 Å². The van der Waals surface area contributed by atoms with Crippen LogP contribution in [0.5, 0.6) is 0 Å². The molecular weight excluding hydrogens is 218 g/mol. The van der Waals surface area contributed by atoms with E-state index in [-0.39, 0.29) is 0 Å². The van der Waals surface area contributed by atoms with Gasteiger partial charge in [-0.05, 0) is 24.6 Å². The van der Waals surface area contributed by atoms with Gasteiger partial charge in [0.25, 0.3) is 0 Å². The Morgan fingerprint density at radius 1 is 0.833 bits per heavy atom. The molecule has 96 valence electrons. The summed E-state index contributed by atoms with van der Waals surface area (Å²) in [6.45, 7) is 4.00. The first kappa shape index (κ1) is 14.5. The summed E-state index contributed by atoms with van der Waals surface area (Å²) in [6.07, 6.45) is 1.03. The molecule has 0 aromatic heterocycles. The van der Waals surface area contributed by atoms with Gasteiger partial charge in [-0.1, -0.05) is 74.5 Å². The zero-order valence-electron chi connectivity index (χ0n) is 11.6. The SMILES string of the molecule is CC.CNC(Cc1ccccc1)c1ccccc1. The first-order valence-electron chi connectivity index (χ1n) is 6.66. The van der Waals surface area contributed by atoms with Gasteiger partial charge in [0, 0.05) is 6.04 Å². The minimum Gasteiger partial charge on any atom is -0.313 e. The van der Waals surface area contributed by atoms with Crippen LogP contribution in [0.25, 0.3) is 0 Å². The lowest BCUT2D eigenvalue weighted by atomic mass is 9.99. The zero-order chi connectivity index (χ0) is 13.2. The first-order chi connectivity index (χ1) is 8.90. The van der Waals surface area contributed by atoms with Crippen molar-refractivity contribution in [1.82, 2.24) is 5.32 Å². The average molecular weight is 241 g/mol. The largest absolute Gasteiger partial charge is 0.313 e. The van der Waals surface area contributed by atoms with Crippen LogP contribution in [0.2, 0.25) is 0 Å². The highest BCUT2D eigenvalue weighted by Crippen LogP contribution is 2.17. The van der Waals surface area contributed by atoms with Gasteiger partial charge < -0.3 is 5.32 Å². The van der Waals surface area contributed by atoms with Crippen LogP contribution in [0.1, 0.15) is 31.0 Å². The van der Waals surface area contributed by atoms with Gasteiger partial charge in [0.2, 0.25) is 0 Å². The monoisotopic (exact) mass is 241 g/mol. The molecule has 0 aliphatic carbocycles. The lowest BCUT2D eigenvalue weighted by Gasteiger charge is -2.16. The van der Waals surface area contributed by atoms with Crippen LogP contribution in [0, 0.1) is 0 Å². The second-order valence-electron chi connectivity index (χ2n) is 3.94. The molecule has 2 aromatic rings. The van der Waals surface area contributed by atoms with Crippen molar-refractivity contribution in [2.24, 2.45) is 0 Å². The van der Waals surface area contributed by atoms with E-state index in [1.165, 1.54) is 11.1 Å². The number of rotatable bonds is 4. The predicted molar refractivity (Wildman–Crippen MR) is 79.7 cm³/mol. The Morgan fingerprint density at radius 2 is 1.33 bits per heavy atom. The minimum absolute atomic E-state index is 0.392. The maximum absolute atomic E-state index is 3.37. The number of nitrogens with one attached hydrogen (secondary N) is 1. The predicted octanol–water partition coefficient (Wildman–Crippen LogP) is 4.22. The van der Waals surface area contributed by atoms with Gasteiger partial charge >= 0.3 is 0 Å². The van der Waals surface area contributed by atoms with Crippen LogP contribution in [0.15, 0.2) is 60.7 Å². The lowest BCUT2D eigenvalue weighted by Crippen LogP contribution is -2.18. The van der Waals surface area contributed by atoms with E-state index in [0.717, 1.165) is 6.42 Å². The van der Waals surface area contributed by atoms with E-state index in [1.807, 2.05) is 20.9 Å². The topological polar surface area (TPSA) is 12.0 Å². The molecule has 0 amide bonds. The van der Waals surface area contributed by atoms with Gasteiger partial charge in [-0.3, -0.25) is 0 Å². The van der Waals surface area contributed by atoms with E-state index in [9.17, 15) is 0 Å². The summed E-state index contributed by atoms with van der Waals surface area (Å²) in [5.41, 5.74) is 2.71. The summed E-state index contributed by atoms with van der Waals surface area (Å²) < 4.78 is 0. The summed E-state index contributed by atoms with van der Waals surface area (Å²) in [5.74, 6) is 0. The van der Waals surface area contributed by atoms with Gasteiger partial charge in [-0.25, -0.2) is 0 Å². The van der Waals surface area contributed by atoms with E-state index in [2.05, 4.69) is 66.0 Å². The van der Waals surface area contributed by atoms with E-state index in [0.29, 0.717) is 6.04 Å². The second kappa shape index (κ2) is 8.48. The highest BCUT2D eigenvalue weighted by Gasteiger charge is 2.08. The van der Waals surface area contributed by atoms with Gasteiger partial charge in [-0.2, -0.15) is 0 Å². The van der Waals surface area contributed by atoms with Crippen LogP contribution >= 0.6 is 0 Å². The van der Waals surface area contributed by atoms with Crippen molar-refractivity contribution in [2.45, 2.75) is 26.3 Å². The highest BCUT2D eigenvalue weighted by atomic mass is 14.9. The average Bonchev–Trinajstić information content (AvgIpc) is 2.49. The van der Waals surface area contributed by atoms with Crippen LogP contribution in [-0.2, 0) is 6.42 Å². The summed E-state index contributed by atoms with van der Waals surface area (Å²) >= 11 is 0. The first-order valence-corrected chi connectivity index (χ1v) is 6.66. The Bertz CT molecular complexity index is 408. The number of benzene rings is 2. The third kappa shape index (κ3) is 4.34. The fourth-order valence-corrected chi connectivity index (χ4v) is 1.92. The molecule has 0 heterocycles. The minimum atomic E-state index is 0.392. The molecular formula is C17H23N. The van der Waals surface area contributed by atoms with Gasteiger partial charge in [0.1, 0.15) is 0 Å². The normalized spacial score (nSPS) is 11.3. The molecule has 0 bridgehead atoms. The molecule has 0 radical (unpaired) electrons. The molecule has 1 N–H and O–H groups in total. The van der Waals surface area contributed by atoms with E-state index >= 15 is 0 Å². The van der Waals surface area contributed by atoms with Crippen molar-refractivity contribution in [3.8, 4) is 0 Å². The fourth-order valence-electron chi connectivity index (χ4n) is 1.92. The Balaban J connectivity index is 0.000000771. The summed E-state index contributed by atoms with van der Waals surface area (Å²) in [5, 5.41) is 3.37. The van der Waals surface area contributed by atoms with E-state index in [4.69, 9.17) is 0 Å². The lowest BCUT2D eigenvalue weighted by molar-refractivity contribution is 0.592. The molecule has 0 saturated heterocycles. The van der Waals surface area contributed by atoms with Crippen molar-refractivity contribution in [3.05, 3.63) is 71.8 Å². The van der Waals surface area contributed by atoms with Crippen molar-refractivity contribution in [3.63, 3.8) is 0 Å². The molecule has 0 saturated carbocycles. The number of hydrogen-bond donors (Lipinski definition) is 1. The Morgan fingerprint density at radius 3 is 1.83 bits per heavy atom. The maximum atomic E-state index is 3.37. The Labute approximate surface area is 111 Å². The summed E-state index contributed by atoms with van der Waals surface area (Å²) in [6, 6.07) is 21.5. The van der Waals surface area contributed by atoms with Crippen LogP contribution in [0.4, 0.5) is 0 Å². The quantitative estimate of drug-likeness (QED) is 0.845. The van der Waals surface area contributed by atoms with Crippen LogP contribution in [0.3, 0.4) is 0 Å². The van der Waals surface area contributed by atoms with E-state index in [1.54, 1.807) is 0 Å². The molecule has 0 aliphatic rings. The second-order valence-corrected chi connectivity index (χ2v) is 3.94. The molecule has 1 atom stereocenters. The molecule has 0 fully saturated rings. The molecule has 0 spiro atoms. The molecule has 2 aromatic carbocycles.